The van der Waals surface area contributed by atoms with Crippen LogP contribution in [0.3, 0.4) is 0 Å². The summed E-state index contributed by atoms with van der Waals surface area (Å²) in [6.07, 6.45) is 6.85. The van der Waals surface area contributed by atoms with E-state index < -0.39 is 0 Å². The second-order valence-corrected chi connectivity index (χ2v) is 8.71. The molecule has 1 amide bonds. The van der Waals surface area contributed by atoms with E-state index in [0.717, 1.165) is 23.7 Å². The highest BCUT2D eigenvalue weighted by Gasteiger charge is 2.50. The van der Waals surface area contributed by atoms with Crippen LogP contribution in [0, 0.1) is 29.1 Å². The number of rotatable bonds is 2. The zero-order valence-corrected chi connectivity index (χ0v) is 13.4. The van der Waals surface area contributed by atoms with E-state index >= 15 is 0 Å². The maximum absolute atomic E-state index is 12.7. The molecule has 0 spiro atoms. The summed E-state index contributed by atoms with van der Waals surface area (Å²) in [6.45, 7) is 6.17. The minimum Gasteiger partial charge on any atom is -0.341 e. The largest absolute Gasteiger partial charge is 0.341 e. The Morgan fingerprint density at radius 2 is 1.50 bits per heavy atom. The van der Waals surface area contributed by atoms with Crippen molar-refractivity contribution >= 4 is 5.91 Å². The van der Waals surface area contributed by atoms with E-state index in [4.69, 9.17) is 5.73 Å². The average Bonchev–Trinajstić information content (AvgIpc) is 2.34. The molecular weight excluding hydrogens is 248 g/mol. The van der Waals surface area contributed by atoms with Crippen molar-refractivity contribution in [2.75, 3.05) is 7.05 Å². The summed E-state index contributed by atoms with van der Waals surface area (Å²) in [6, 6.07) is 0.0772. The van der Waals surface area contributed by atoms with Crippen LogP contribution in [0.1, 0.15) is 52.9 Å². The van der Waals surface area contributed by atoms with Crippen LogP contribution in [-0.2, 0) is 4.79 Å². The molecule has 0 aromatic carbocycles. The van der Waals surface area contributed by atoms with E-state index in [1.54, 1.807) is 0 Å². The van der Waals surface area contributed by atoms with Gasteiger partial charge in [-0.05, 0) is 61.2 Å². The Balaban J connectivity index is 1.74. The van der Waals surface area contributed by atoms with E-state index in [9.17, 15) is 4.79 Å². The highest BCUT2D eigenvalue weighted by Crippen LogP contribution is 2.55. The number of hydrogen-bond acceptors (Lipinski definition) is 2. The van der Waals surface area contributed by atoms with Crippen LogP contribution in [0.15, 0.2) is 0 Å². The van der Waals surface area contributed by atoms with E-state index in [0.29, 0.717) is 6.04 Å². The maximum Gasteiger partial charge on any atom is 0.240 e. The van der Waals surface area contributed by atoms with Crippen molar-refractivity contribution in [1.29, 1.82) is 0 Å². The minimum absolute atomic E-state index is 0.148. The average molecular weight is 278 g/mol. The summed E-state index contributed by atoms with van der Waals surface area (Å²) in [5, 5.41) is 0. The maximum atomic E-state index is 12.7. The number of carbonyl (C=O) groups is 1. The molecule has 2 N–H and O–H groups in total. The van der Waals surface area contributed by atoms with Gasteiger partial charge in [0.25, 0.3) is 0 Å². The van der Waals surface area contributed by atoms with Gasteiger partial charge in [-0.25, -0.2) is 0 Å². The molecular formula is C17H30N2O. The van der Waals surface area contributed by atoms with E-state index in [-0.39, 0.29) is 17.4 Å². The quantitative estimate of drug-likeness (QED) is 0.844. The first-order chi connectivity index (χ1) is 9.27. The predicted molar refractivity (Wildman–Crippen MR) is 81.0 cm³/mol. The summed E-state index contributed by atoms with van der Waals surface area (Å²) >= 11 is 0. The highest BCUT2D eigenvalue weighted by molar-refractivity contribution is 5.82. The Labute approximate surface area is 123 Å². The number of carbonyl (C=O) groups excluding carboxylic acids is 1. The molecule has 4 saturated carbocycles. The van der Waals surface area contributed by atoms with Gasteiger partial charge in [0.15, 0.2) is 0 Å². The van der Waals surface area contributed by atoms with Gasteiger partial charge in [0, 0.05) is 13.1 Å². The molecule has 4 fully saturated rings. The second-order valence-electron chi connectivity index (χ2n) is 8.71. The Morgan fingerprint density at radius 3 is 1.90 bits per heavy atom. The van der Waals surface area contributed by atoms with Crippen LogP contribution < -0.4 is 5.73 Å². The number of nitrogens with zero attached hydrogens (tertiary/aromatic N) is 1. The Bertz CT molecular complexity index is 370. The fourth-order valence-electron chi connectivity index (χ4n) is 5.27. The molecule has 3 nitrogen and oxygen atoms in total. The van der Waals surface area contributed by atoms with Gasteiger partial charge in [-0.1, -0.05) is 20.8 Å². The third-order valence-corrected chi connectivity index (χ3v) is 6.17. The van der Waals surface area contributed by atoms with E-state index in [1.807, 2.05) is 11.9 Å². The highest BCUT2D eigenvalue weighted by atomic mass is 16.2. The van der Waals surface area contributed by atoms with E-state index in [2.05, 4.69) is 20.8 Å². The lowest BCUT2D eigenvalue weighted by Crippen LogP contribution is -2.60. The molecule has 20 heavy (non-hydrogen) atoms. The van der Waals surface area contributed by atoms with Crippen LogP contribution in [0.4, 0.5) is 0 Å². The van der Waals surface area contributed by atoms with Crippen molar-refractivity contribution < 1.29 is 4.79 Å². The summed E-state index contributed by atoms with van der Waals surface area (Å²) in [5.41, 5.74) is 6.04. The van der Waals surface area contributed by atoms with Crippen molar-refractivity contribution in [1.82, 2.24) is 4.90 Å². The minimum atomic E-state index is -0.385. The molecule has 0 aliphatic heterocycles. The van der Waals surface area contributed by atoms with Crippen molar-refractivity contribution in [3.63, 3.8) is 0 Å². The monoisotopic (exact) mass is 278 g/mol. The van der Waals surface area contributed by atoms with E-state index in [1.165, 1.54) is 32.1 Å². The molecule has 0 aromatic rings. The normalized spacial score (nSPS) is 40.8. The fourth-order valence-corrected chi connectivity index (χ4v) is 5.27. The topological polar surface area (TPSA) is 46.3 Å². The van der Waals surface area contributed by atoms with Crippen LogP contribution in [0.2, 0.25) is 0 Å². The molecule has 0 radical (unpaired) electrons. The molecule has 4 rings (SSSR count). The van der Waals surface area contributed by atoms with Crippen LogP contribution in [0.5, 0.6) is 0 Å². The van der Waals surface area contributed by atoms with Gasteiger partial charge in [-0.3, -0.25) is 4.79 Å². The molecule has 1 atom stereocenters. The standard InChI is InChI=1S/C17H30N2O/c1-17(2,3)15(18)16(20)19(4)14-12-6-10-5-11(8-12)9-13(14)7-10/h10-15H,5-9,18H2,1-4H3/t10?,11?,12?,13?,14?,15-/m0/s1. The van der Waals surface area contributed by atoms with Crippen molar-refractivity contribution in [3.8, 4) is 0 Å². The lowest BCUT2D eigenvalue weighted by Gasteiger charge is -2.57. The number of nitrogens with two attached hydrogens (primary N) is 1. The van der Waals surface area contributed by atoms with Crippen LogP contribution in [-0.4, -0.2) is 29.9 Å². The third kappa shape index (κ3) is 2.28. The molecule has 0 aromatic heterocycles. The number of likely N-dealkylation sites (N-methyl/N-ethyl adjacent to an activating group) is 1. The Morgan fingerprint density at radius 1 is 1.05 bits per heavy atom. The zero-order valence-electron chi connectivity index (χ0n) is 13.4. The molecule has 0 unspecified atom stereocenters. The molecule has 0 heterocycles. The van der Waals surface area contributed by atoms with Crippen molar-refractivity contribution in [2.45, 2.75) is 65.0 Å². The van der Waals surface area contributed by atoms with Crippen LogP contribution >= 0.6 is 0 Å². The lowest BCUT2D eigenvalue weighted by atomic mass is 9.54. The first kappa shape index (κ1) is 14.4. The zero-order chi connectivity index (χ0) is 14.7. The fraction of sp³-hybridized carbons (Fsp3) is 0.941. The second kappa shape index (κ2) is 4.72. The van der Waals surface area contributed by atoms with Crippen molar-refractivity contribution in [2.24, 2.45) is 34.8 Å². The first-order valence-corrected chi connectivity index (χ1v) is 8.29. The smallest absolute Gasteiger partial charge is 0.240 e. The molecule has 4 aliphatic rings. The van der Waals surface area contributed by atoms with Gasteiger partial charge >= 0.3 is 0 Å². The summed E-state index contributed by atoms with van der Waals surface area (Å²) < 4.78 is 0. The molecule has 4 aliphatic carbocycles. The predicted octanol–water partition coefficient (Wildman–Crippen LogP) is 2.64. The Kier molecular flexibility index (Phi) is 3.39. The molecule has 114 valence electrons. The van der Waals surface area contributed by atoms with Gasteiger partial charge in [0.05, 0.1) is 6.04 Å². The lowest BCUT2D eigenvalue weighted by molar-refractivity contribution is -0.144. The first-order valence-electron chi connectivity index (χ1n) is 8.29. The summed E-state index contributed by atoms with van der Waals surface area (Å²) in [4.78, 5) is 14.7. The van der Waals surface area contributed by atoms with Crippen molar-refractivity contribution in [3.05, 3.63) is 0 Å². The van der Waals surface area contributed by atoms with Gasteiger partial charge in [0.2, 0.25) is 5.91 Å². The third-order valence-electron chi connectivity index (χ3n) is 6.17. The molecule has 3 heteroatoms. The molecule has 4 bridgehead atoms. The van der Waals surface area contributed by atoms with Gasteiger partial charge in [-0.2, -0.15) is 0 Å². The Hall–Kier alpha value is -0.570. The van der Waals surface area contributed by atoms with Gasteiger partial charge in [-0.15, -0.1) is 0 Å². The summed E-state index contributed by atoms with van der Waals surface area (Å²) in [7, 11) is 2.00. The van der Waals surface area contributed by atoms with Gasteiger partial charge < -0.3 is 10.6 Å². The number of hydrogen-bond donors (Lipinski definition) is 1. The summed E-state index contributed by atoms with van der Waals surface area (Å²) in [5.74, 6) is 3.54. The number of amides is 1. The van der Waals surface area contributed by atoms with Gasteiger partial charge in [0.1, 0.15) is 0 Å². The SMILES string of the molecule is CN(C(=O)[C@H](N)C(C)(C)C)C1C2CC3CC(C2)CC1C3. The molecule has 0 saturated heterocycles. The van der Waals surface area contributed by atoms with Crippen LogP contribution in [0.25, 0.3) is 0 Å².